The Balaban J connectivity index is 0.000000447. The molecule has 0 aromatic heterocycles. The Bertz CT molecular complexity index is 536. The lowest BCUT2D eigenvalue weighted by molar-refractivity contribution is -0.140. The molecule has 0 amide bonds. The maximum absolute atomic E-state index is 10.5. The highest BCUT2D eigenvalue weighted by molar-refractivity contribution is 5.62. The summed E-state index contributed by atoms with van der Waals surface area (Å²) >= 11 is 0. The van der Waals surface area contributed by atoms with Gasteiger partial charge in [-0.15, -0.1) is 0 Å². The van der Waals surface area contributed by atoms with Crippen LogP contribution in [0.1, 0.15) is 72.1 Å². The lowest BCUT2D eigenvalue weighted by Crippen LogP contribution is -2.58. The zero-order valence-corrected chi connectivity index (χ0v) is 16.5. The molecule has 0 heterocycles. The monoisotopic (exact) mass is 367 g/mol. The van der Waals surface area contributed by atoms with Crippen molar-refractivity contribution in [2.24, 2.45) is 40.2 Å². The molecule has 150 valence electrons. The van der Waals surface area contributed by atoms with E-state index < -0.39 is 5.97 Å². The Morgan fingerprint density at radius 3 is 2.27 bits per heavy atom. The number of carboxylic acid groups (broad SMARTS) is 1. The fourth-order valence-corrected chi connectivity index (χ4v) is 7.30. The molecule has 0 aliphatic heterocycles. The number of carbonyl (C=O) groups is 1. The van der Waals surface area contributed by atoms with Crippen LogP contribution in [0, 0.1) is 34.5 Å². The van der Waals surface area contributed by atoms with Crippen LogP contribution in [0.3, 0.4) is 0 Å². The van der Waals surface area contributed by atoms with Crippen LogP contribution in [0.15, 0.2) is 0 Å². The van der Waals surface area contributed by atoms with Gasteiger partial charge in [0.2, 0.25) is 0 Å². The third kappa shape index (κ3) is 3.20. The summed E-state index contributed by atoms with van der Waals surface area (Å²) in [5.41, 5.74) is 6.59. The molecular weight excluding hydrogens is 330 g/mol. The van der Waals surface area contributed by atoms with Crippen molar-refractivity contribution < 1.29 is 20.1 Å². The summed E-state index contributed by atoms with van der Waals surface area (Å²) in [5.74, 6) is 2.06. The molecule has 4 aliphatic rings. The largest absolute Gasteiger partial charge is 0.481 e. The maximum Gasteiger partial charge on any atom is 0.300 e. The van der Waals surface area contributed by atoms with E-state index in [0.29, 0.717) is 11.8 Å². The van der Waals surface area contributed by atoms with Crippen LogP contribution in [0.2, 0.25) is 0 Å². The predicted molar refractivity (Wildman–Crippen MR) is 100 cm³/mol. The first-order valence-corrected chi connectivity index (χ1v) is 10.4. The Hall–Kier alpha value is -0.650. The second-order valence-corrected chi connectivity index (χ2v) is 9.98. The fourth-order valence-electron chi connectivity index (χ4n) is 7.30. The summed E-state index contributed by atoms with van der Waals surface area (Å²) in [5, 5.41) is 28.3. The molecule has 0 radical (unpaired) electrons. The number of hydrogen-bond donors (Lipinski definition) is 4. The quantitative estimate of drug-likeness (QED) is 0.527. The van der Waals surface area contributed by atoms with Gasteiger partial charge in [-0.05, 0) is 85.9 Å². The third-order valence-corrected chi connectivity index (χ3v) is 8.72. The molecule has 5 N–H and O–H groups in total. The van der Waals surface area contributed by atoms with Crippen molar-refractivity contribution in [1.29, 1.82) is 0 Å². The summed E-state index contributed by atoms with van der Waals surface area (Å²) in [6.45, 7) is 5.86. The predicted octanol–water partition coefficient (Wildman–Crippen LogP) is 2.78. The molecule has 0 spiro atoms. The number of rotatable bonds is 0. The first kappa shape index (κ1) is 20.1. The molecule has 4 rings (SSSR count). The van der Waals surface area contributed by atoms with Crippen LogP contribution in [0.25, 0.3) is 0 Å². The zero-order valence-electron chi connectivity index (χ0n) is 16.5. The molecular formula is C21H37NO4. The summed E-state index contributed by atoms with van der Waals surface area (Å²) in [7, 11) is 0. The number of carboxylic acids is 1. The van der Waals surface area contributed by atoms with Gasteiger partial charge in [-0.3, -0.25) is 4.79 Å². The highest BCUT2D eigenvalue weighted by Gasteiger charge is 2.60. The fraction of sp³-hybridized carbons (Fsp3) is 0.952. The van der Waals surface area contributed by atoms with Crippen LogP contribution in [-0.2, 0) is 4.79 Å². The third-order valence-electron chi connectivity index (χ3n) is 8.72. The lowest BCUT2D eigenvalue weighted by atomic mass is 9.44. The maximum atomic E-state index is 10.5. The van der Waals surface area contributed by atoms with Crippen molar-refractivity contribution in [1.82, 2.24) is 0 Å². The van der Waals surface area contributed by atoms with Crippen molar-refractivity contribution in [3.63, 3.8) is 0 Å². The molecule has 4 saturated carbocycles. The van der Waals surface area contributed by atoms with E-state index in [4.69, 9.17) is 15.6 Å². The molecule has 26 heavy (non-hydrogen) atoms. The number of fused-ring (bicyclic) bond motifs is 5. The van der Waals surface area contributed by atoms with Crippen molar-refractivity contribution in [3.8, 4) is 0 Å². The van der Waals surface area contributed by atoms with E-state index in [-0.39, 0.29) is 29.1 Å². The molecule has 5 heteroatoms. The average Bonchev–Trinajstić information content (AvgIpc) is 2.84. The van der Waals surface area contributed by atoms with Gasteiger partial charge in [-0.1, -0.05) is 13.8 Å². The van der Waals surface area contributed by atoms with Crippen molar-refractivity contribution >= 4 is 5.97 Å². The number of nitrogens with two attached hydrogens (primary N) is 1. The van der Waals surface area contributed by atoms with Crippen molar-refractivity contribution in [2.75, 3.05) is 0 Å². The normalized spacial score (nSPS) is 52.8. The Morgan fingerprint density at radius 1 is 1.00 bits per heavy atom. The molecule has 9 atom stereocenters. The van der Waals surface area contributed by atoms with Gasteiger partial charge in [0.1, 0.15) is 0 Å². The molecule has 5 nitrogen and oxygen atoms in total. The molecule has 0 aromatic carbocycles. The Morgan fingerprint density at radius 2 is 1.62 bits per heavy atom. The van der Waals surface area contributed by atoms with Gasteiger partial charge in [0.15, 0.2) is 0 Å². The second-order valence-electron chi connectivity index (χ2n) is 9.98. The molecule has 4 fully saturated rings. The minimum atomic E-state index is -0.833. The Kier molecular flexibility index (Phi) is 5.46. The van der Waals surface area contributed by atoms with Crippen LogP contribution < -0.4 is 5.73 Å². The van der Waals surface area contributed by atoms with E-state index in [1.807, 2.05) is 0 Å². The van der Waals surface area contributed by atoms with Crippen LogP contribution in [0.4, 0.5) is 0 Å². The minimum Gasteiger partial charge on any atom is -0.481 e. The summed E-state index contributed by atoms with van der Waals surface area (Å²) < 4.78 is 0. The topological polar surface area (TPSA) is 104 Å². The number of aliphatic carboxylic acids is 1. The van der Waals surface area contributed by atoms with Gasteiger partial charge in [0.05, 0.1) is 12.2 Å². The number of aliphatic hydroxyl groups is 2. The van der Waals surface area contributed by atoms with E-state index in [2.05, 4.69) is 13.8 Å². The molecule has 0 aromatic rings. The van der Waals surface area contributed by atoms with E-state index in [1.165, 1.54) is 32.1 Å². The van der Waals surface area contributed by atoms with Crippen LogP contribution >= 0.6 is 0 Å². The average molecular weight is 368 g/mol. The van der Waals surface area contributed by atoms with E-state index in [0.717, 1.165) is 38.0 Å². The van der Waals surface area contributed by atoms with Gasteiger partial charge < -0.3 is 21.1 Å². The van der Waals surface area contributed by atoms with Gasteiger partial charge >= 0.3 is 0 Å². The molecule has 0 bridgehead atoms. The van der Waals surface area contributed by atoms with Gasteiger partial charge in [-0.25, -0.2) is 0 Å². The SMILES string of the molecule is CC(=O)O.C[C@]12C[C@H](O)[C@H](N)C[C@@H]1CC[C@@H]1[C@@H]2CC[C@]2(C)[C@@H](O)CC[C@@H]12. The zero-order chi connectivity index (χ0) is 19.3. The summed E-state index contributed by atoms with van der Waals surface area (Å²) in [6, 6.07) is -0.0169. The highest BCUT2D eigenvalue weighted by atomic mass is 16.4. The van der Waals surface area contributed by atoms with Crippen LogP contribution in [0.5, 0.6) is 0 Å². The number of aliphatic hydroxyl groups excluding tert-OH is 2. The summed E-state index contributed by atoms with van der Waals surface area (Å²) in [6.07, 6.45) is 8.71. The standard InChI is InChI=1S/C19H33NO2.C2H4O2/c1-18-8-7-14-12(13(18)5-6-17(18)22)4-3-11-9-15(20)16(21)10-19(11,14)2;1-2(3)4/h11-17,21-22H,3-10,20H2,1-2H3;1H3,(H,3,4)/t11-,12-,13-,14-,15+,16-,17-,18-,19-;/m0./s1. The summed E-state index contributed by atoms with van der Waals surface area (Å²) in [4.78, 5) is 9.00. The van der Waals surface area contributed by atoms with Crippen molar-refractivity contribution in [3.05, 3.63) is 0 Å². The molecule has 0 saturated heterocycles. The highest BCUT2D eigenvalue weighted by Crippen LogP contribution is 2.66. The Labute approximate surface area is 157 Å². The van der Waals surface area contributed by atoms with Gasteiger partial charge in [0, 0.05) is 13.0 Å². The minimum absolute atomic E-state index is 0.0169. The molecule has 0 unspecified atom stereocenters. The van der Waals surface area contributed by atoms with E-state index >= 15 is 0 Å². The smallest absolute Gasteiger partial charge is 0.300 e. The second kappa shape index (κ2) is 7.06. The van der Waals surface area contributed by atoms with E-state index in [1.54, 1.807) is 0 Å². The van der Waals surface area contributed by atoms with Gasteiger partial charge in [-0.2, -0.15) is 0 Å². The number of hydrogen-bond acceptors (Lipinski definition) is 4. The van der Waals surface area contributed by atoms with Crippen LogP contribution in [-0.4, -0.2) is 39.5 Å². The first-order chi connectivity index (χ1) is 12.1. The first-order valence-electron chi connectivity index (χ1n) is 10.4. The molecule has 4 aliphatic carbocycles. The van der Waals surface area contributed by atoms with Crippen molar-refractivity contribution in [2.45, 2.75) is 90.4 Å². The lowest BCUT2D eigenvalue weighted by Gasteiger charge is -2.61. The van der Waals surface area contributed by atoms with E-state index in [9.17, 15) is 10.2 Å². The van der Waals surface area contributed by atoms with Gasteiger partial charge in [0.25, 0.3) is 5.97 Å².